The summed E-state index contributed by atoms with van der Waals surface area (Å²) >= 11 is 0. The zero-order valence-electron chi connectivity index (χ0n) is 15.2. The van der Waals surface area contributed by atoms with Crippen LogP contribution in [0.3, 0.4) is 0 Å². The second-order valence-electron chi connectivity index (χ2n) is 6.64. The maximum absolute atomic E-state index is 13.4. The van der Waals surface area contributed by atoms with E-state index in [0.717, 1.165) is 11.1 Å². The maximum Gasteiger partial charge on any atom is 0.279 e. The summed E-state index contributed by atoms with van der Waals surface area (Å²) in [5.41, 5.74) is 2.83. The van der Waals surface area contributed by atoms with Crippen LogP contribution in [0.15, 0.2) is 93.7 Å². The molecule has 1 aliphatic rings. The number of fused-ring (bicyclic) bond motifs is 1. The van der Waals surface area contributed by atoms with Crippen LogP contribution in [-0.4, -0.2) is 28.5 Å². The third-order valence-corrected chi connectivity index (χ3v) is 6.54. The van der Waals surface area contributed by atoms with E-state index in [-0.39, 0.29) is 4.90 Å². The second kappa shape index (κ2) is 6.82. The summed E-state index contributed by atoms with van der Waals surface area (Å²) in [7, 11) is -3.85. The first-order valence-electron chi connectivity index (χ1n) is 9.04. The lowest BCUT2D eigenvalue weighted by atomic mass is 10.0. The van der Waals surface area contributed by atoms with Crippen molar-refractivity contribution in [1.29, 1.82) is 0 Å². The SMILES string of the molecule is O=S(=O)(c1ccccc1)N1N=C(c2ccco2)CC1c1ccc2nccnc2c1. The van der Waals surface area contributed by atoms with Gasteiger partial charge in [-0.3, -0.25) is 9.97 Å². The average Bonchev–Trinajstić information content (AvgIpc) is 3.44. The Morgan fingerprint density at radius 2 is 1.72 bits per heavy atom. The number of nitrogens with zero attached hydrogens (tertiary/aromatic N) is 4. The summed E-state index contributed by atoms with van der Waals surface area (Å²) in [6.07, 6.45) is 5.18. The Balaban J connectivity index is 1.62. The molecule has 0 aliphatic carbocycles. The van der Waals surface area contributed by atoms with E-state index >= 15 is 0 Å². The molecule has 144 valence electrons. The van der Waals surface area contributed by atoms with Gasteiger partial charge in [0, 0.05) is 18.8 Å². The van der Waals surface area contributed by atoms with E-state index in [2.05, 4.69) is 15.1 Å². The lowest BCUT2D eigenvalue weighted by Crippen LogP contribution is -2.27. The first-order chi connectivity index (χ1) is 14.1. The minimum Gasteiger partial charge on any atom is -0.463 e. The van der Waals surface area contributed by atoms with E-state index in [1.54, 1.807) is 61.1 Å². The molecule has 0 amide bonds. The first kappa shape index (κ1) is 17.6. The number of furan rings is 1. The predicted molar refractivity (Wildman–Crippen MR) is 108 cm³/mol. The van der Waals surface area contributed by atoms with Crippen LogP contribution in [0, 0.1) is 0 Å². The molecule has 0 N–H and O–H groups in total. The minimum absolute atomic E-state index is 0.190. The number of hydrogen-bond donors (Lipinski definition) is 0. The molecular weight excluding hydrogens is 388 g/mol. The van der Waals surface area contributed by atoms with Crippen LogP contribution in [-0.2, 0) is 10.0 Å². The van der Waals surface area contributed by atoms with E-state index in [1.807, 2.05) is 18.2 Å². The molecule has 2 aromatic carbocycles. The van der Waals surface area contributed by atoms with Gasteiger partial charge >= 0.3 is 0 Å². The van der Waals surface area contributed by atoms with Gasteiger partial charge in [-0.2, -0.15) is 17.9 Å². The van der Waals surface area contributed by atoms with Crippen molar-refractivity contribution < 1.29 is 12.8 Å². The van der Waals surface area contributed by atoms with Crippen molar-refractivity contribution >= 4 is 26.8 Å². The lowest BCUT2D eigenvalue weighted by Gasteiger charge is -2.23. The topological polar surface area (TPSA) is 88.7 Å². The molecule has 5 rings (SSSR count). The molecule has 0 fully saturated rings. The Kier molecular flexibility index (Phi) is 4.13. The van der Waals surface area contributed by atoms with Crippen LogP contribution in [0.25, 0.3) is 11.0 Å². The lowest BCUT2D eigenvalue weighted by molar-refractivity contribution is 0.371. The van der Waals surface area contributed by atoms with Crippen molar-refractivity contribution in [3.8, 4) is 0 Å². The fraction of sp³-hybridized carbons (Fsp3) is 0.0952. The second-order valence-corrected chi connectivity index (χ2v) is 8.43. The Morgan fingerprint density at radius 1 is 0.931 bits per heavy atom. The van der Waals surface area contributed by atoms with Crippen LogP contribution in [0.4, 0.5) is 0 Å². The van der Waals surface area contributed by atoms with Gasteiger partial charge in [-0.15, -0.1) is 0 Å². The molecule has 0 bridgehead atoms. The van der Waals surface area contributed by atoms with Crippen molar-refractivity contribution in [1.82, 2.24) is 14.4 Å². The zero-order valence-corrected chi connectivity index (χ0v) is 16.0. The molecule has 29 heavy (non-hydrogen) atoms. The normalized spacial score (nSPS) is 16.9. The van der Waals surface area contributed by atoms with Gasteiger partial charge in [0.15, 0.2) is 0 Å². The highest BCUT2D eigenvalue weighted by Gasteiger charge is 2.38. The number of benzene rings is 2. The monoisotopic (exact) mass is 404 g/mol. The fourth-order valence-corrected chi connectivity index (χ4v) is 4.89. The summed E-state index contributed by atoms with van der Waals surface area (Å²) in [6, 6.07) is 16.9. The van der Waals surface area contributed by atoms with Gasteiger partial charge in [-0.25, -0.2) is 0 Å². The van der Waals surface area contributed by atoms with E-state index < -0.39 is 16.1 Å². The highest BCUT2D eigenvalue weighted by atomic mass is 32.2. The van der Waals surface area contributed by atoms with E-state index in [4.69, 9.17) is 4.42 Å². The largest absolute Gasteiger partial charge is 0.463 e. The molecule has 0 spiro atoms. The summed E-state index contributed by atoms with van der Waals surface area (Å²) in [5.74, 6) is 0.557. The zero-order chi connectivity index (χ0) is 19.8. The van der Waals surface area contributed by atoms with Crippen LogP contribution in [0.1, 0.15) is 23.8 Å². The molecule has 1 aliphatic heterocycles. The van der Waals surface area contributed by atoms with Crippen molar-refractivity contribution in [3.63, 3.8) is 0 Å². The van der Waals surface area contributed by atoms with Gasteiger partial charge in [-0.05, 0) is 42.0 Å². The van der Waals surface area contributed by atoms with Crippen LogP contribution in [0.5, 0.6) is 0 Å². The highest BCUT2D eigenvalue weighted by Crippen LogP contribution is 2.37. The first-order valence-corrected chi connectivity index (χ1v) is 10.5. The van der Waals surface area contributed by atoms with Gasteiger partial charge in [0.1, 0.15) is 11.5 Å². The van der Waals surface area contributed by atoms with Crippen molar-refractivity contribution in [2.75, 3.05) is 0 Å². The molecule has 1 atom stereocenters. The standard InChI is InChI=1S/C21H16N4O3S/c26-29(27,16-5-2-1-3-6-16)25-20(14-19(24-25)21-7-4-12-28-21)15-8-9-17-18(13-15)23-11-10-22-17/h1-13,20H,14H2. The predicted octanol–water partition coefficient (Wildman–Crippen LogP) is 3.76. The van der Waals surface area contributed by atoms with Gasteiger partial charge in [0.05, 0.1) is 28.2 Å². The van der Waals surface area contributed by atoms with E-state index in [9.17, 15) is 8.42 Å². The Bertz CT molecular complexity index is 1300. The molecule has 7 nitrogen and oxygen atoms in total. The molecule has 4 aromatic rings. The quantitative estimate of drug-likeness (QED) is 0.517. The van der Waals surface area contributed by atoms with Crippen molar-refractivity contribution in [2.45, 2.75) is 17.4 Å². The molecule has 3 heterocycles. The molecule has 8 heteroatoms. The van der Waals surface area contributed by atoms with Crippen molar-refractivity contribution in [2.24, 2.45) is 5.10 Å². The number of hydrogen-bond acceptors (Lipinski definition) is 6. The fourth-order valence-electron chi connectivity index (χ4n) is 3.44. The third kappa shape index (κ3) is 3.07. The number of hydrazone groups is 1. The molecule has 0 saturated carbocycles. The molecule has 1 unspecified atom stereocenters. The Hall–Kier alpha value is -3.52. The van der Waals surface area contributed by atoms with Gasteiger partial charge in [-0.1, -0.05) is 24.3 Å². The number of sulfonamides is 1. The van der Waals surface area contributed by atoms with E-state index in [1.165, 1.54) is 4.41 Å². The van der Waals surface area contributed by atoms with Gasteiger partial charge in [0.2, 0.25) is 0 Å². The van der Waals surface area contributed by atoms with E-state index in [0.29, 0.717) is 23.4 Å². The van der Waals surface area contributed by atoms with Crippen molar-refractivity contribution in [3.05, 3.63) is 90.6 Å². The Labute approximate surface area is 167 Å². The summed E-state index contributed by atoms with van der Waals surface area (Å²) in [5, 5.41) is 4.45. The van der Waals surface area contributed by atoms with Crippen LogP contribution >= 0.6 is 0 Å². The highest BCUT2D eigenvalue weighted by molar-refractivity contribution is 7.89. The summed E-state index contributed by atoms with van der Waals surface area (Å²) in [4.78, 5) is 8.81. The van der Waals surface area contributed by atoms with Crippen LogP contribution < -0.4 is 0 Å². The molecule has 0 radical (unpaired) electrons. The molecule has 2 aromatic heterocycles. The number of aromatic nitrogens is 2. The van der Waals surface area contributed by atoms with Crippen LogP contribution in [0.2, 0.25) is 0 Å². The minimum atomic E-state index is -3.85. The Morgan fingerprint density at radius 3 is 2.48 bits per heavy atom. The smallest absolute Gasteiger partial charge is 0.279 e. The third-order valence-electron chi connectivity index (χ3n) is 4.84. The average molecular weight is 404 g/mol. The summed E-state index contributed by atoms with van der Waals surface area (Å²) in [6.45, 7) is 0. The van der Waals surface area contributed by atoms with Gasteiger partial charge < -0.3 is 4.42 Å². The summed E-state index contributed by atoms with van der Waals surface area (Å²) < 4.78 is 33.4. The molecular formula is C21H16N4O3S. The maximum atomic E-state index is 13.4. The number of rotatable bonds is 4. The van der Waals surface area contributed by atoms with Gasteiger partial charge in [0.25, 0.3) is 10.0 Å². The molecule has 0 saturated heterocycles.